The summed E-state index contributed by atoms with van der Waals surface area (Å²) in [5.74, 6) is 0.0731. The molecule has 0 saturated carbocycles. The van der Waals surface area contributed by atoms with Crippen LogP contribution in [0.5, 0.6) is 0 Å². The van der Waals surface area contributed by atoms with Gasteiger partial charge in [-0.2, -0.15) is 4.98 Å². The smallest absolute Gasteiger partial charge is 0.223 e. The third-order valence-corrected chi connectivity index (χ3v) is 4.86. The summed E-state index contributed by atoms with van der Waals surface area (Å²) in [6.07, 6.45) is 3.34. The summed E-state index contributed by atoms with van der Waals surface area (Å²) in [6.45, 7) is 1.96. The SMILES string of the molecule is Cc1nc(CNc2nc(-c3cccnc3)nc3ccc(-c4cccc(F)c4F)cc23)no1. The molecule has 0 fully saturated rings. The first-order valence-corrected chi connectivity index (χ1v) is 9.78. The first-order chi connectivity index (χ1) is 15.6. The third-order valence-electron chi connectivity index (χ3n) is 4.86. The summed E-state index contributed by atoms with van der Waals surface area (Å²) in [7, 11) is 0. The van der Waals surface area contributed by atoms with Crippen LogP contribution in [0.3, 0.4) is 0 Å². The maximum Gasteiger partial charge on any atom is 0.223 e. The quantitative estimate of drug-likeness (QED) is 0.422. The number of nitrogens with one attached hydrogen (secondary N) is 1. The van der Waals surface area contributed by atoms with Crippen LogP contribution in [0.4, 0.5) is 14.6 Å². The maximum absolute atomic E-state index is 14.4. The monoisotopic (exact) mass is 430 g/mol. The van der Waals surface area contributed by atoms with Gasteiger partial charge in [0, 0.05) is 35.8 Å². The summed E-state index contributed by atoms with van der Waals surface area (Å²) in [5, 5.41) is 7.73. The van der Waals surface area contributed by atoms with Crippen molar-refractivity contribution in [2.24, 2.45) is 0 Å². The van der Waals surface area contributed by atoms with Gasteiger partial charge in [0.05, 0.1) is 12.1 Å². The Labute approximate surface area is 181 Å². The second kappa shape index (κ2) is 8.10. The molecular formula is C23H16F2N6O. The number of rotatable bonds is 5. The zero-order valence-electron chi connectivity index (χ0n) is 16.9. The van der Waals surface area contributed by atoms with Gasteiger partial charge in [0.15, 0.2) is 23.3 Å². The maximum atomic E-state index is 14.4. The molecule has 0 spiro atoms. The zero-order valence-corrected chi connectivity index (χ0v) is 16.9. The number of pyridine rings is 1. The van der Waals surface area contributed by atoms with Crippen LogP contribution in [0.1, 0.15) is 11.7 Å². The Hall–Kier alpha value is -4.27. The van der Waals surface area contributed by atoms with Gasteiger partial charge in [-0.05, 0) is 35.9 Å². The Balaban J connectivity index is 1.63. The molecular weight excluding hydrogens is 414 g/mol. The van der Waals surface area contributed by atoms with Gasteiger partial charge in [-0.15, -0.1) is 0 Å². The fourth-order valence-electron chi connectivity index (χ4n) is 3.36. The van der Waals surface area contributed by atoms with E-state index in [0.717, 1.165) is 11.6 Å². The highest BCUT2D eigenvalue weighted by Crippen LogP contribution is 2.31. The average Bonchev–Trinajstić information content (AvgIpc) is 3.24. The minimum absolute atomic E-state index is 0.156. The largest absolute Gasteiger partial charge is 0.362 e. The second-order valence-electron chi connectivity index (χ2n) is 7.05. The Kier molecular flexibility index (Phi) is 4.98. The molecule has 0 saturated heterocycles. The minimum atomic E-state index is -0.906. The highest BCUT2D eigenvalue weighted by Gasteiger charge is 2.15. The van der Waals surface area contributed by atoms with Gasteiger partial charge in [-0.25, -0.2) is 18.7 Å². The molecule has 0 unspecified atom stereocenters. The zero-order chi connectivity index (χ0) is 22.1. The topological polar surface area (TPSA) is 89.6 Å². The summed E-state index contributed by atoms with van der Waals surface area (Å²) >= 11 is 0. The van der Waals surface area contributed by atoms with Crippen molar-refractivity contribution in [1.82, 2.24) is 25.1 Å². The summed E-state index contributed by atoms with van der Waals surface area (Å²) in [5.41, 5.74) is 2.04. The lowest BCUT2D eigenvalue weighted by molar-refractivity contribution is 0.388. The first kappa shape index (κ1) is 19.7. The Bertz CT molecular complexity index is 1420. The van der Waals surface area contributed by atoms with E-state index in [-0.39, 0.29) is 12.1 Å². The highest BCUT2D eigenvalue weighted by atomic mass is 19.2. The molecule has 32 heavy (non-hydrogen) atoms. The van der Waals surface area contributed by atoms with E-state index >= 15 is 0 Å². The number of aryl methyl sites for hydroxylation is 1. The van der Waals surface area contributed by atoms with Crippen LogP contribution in [0, 0.1) is 18.6 Å². The van der Waals surface area contributed by atoms with Gasteiger partial charge < -0.3 is 9.84 Å². The molecule has 3 heterocycles. The van der Waals surface area contributed by atoms with Crippen molar-refractivity contribution in [3.05, 3.63) is 84.3 Å². The number of hydrogen-bond donors (Lipinski definition) is 1. The fourth-order valence-corrected chi connectivity index (χ4v) is 3.36. The van der Waals surface area contributed by atoms with Crippen LogP contribution >= 0.6 is 0 Å². The molecule has 5 rings (SSSR count). The van der Waals surface area contributed by atoms with Crippen LogP contribution in [0.2, 0.25) is 0 Å². The van der Waals surface area contributed by atoms with E-state index in [1.807, 2.05) is 6.07 Å². The fraction of sp³-hybridized carbons (Fsp3) is 0.0870. The molecule has 0 aliphatic heterocycles. The molecule has 0 radical (unpaired) electrons. The normalized spacial score (nSPS) is 11.1. The van der Waals surface area contributed by atoms with Crippen LogP contribution in [0.15, 0.2) is 65.4 Å². The van der Waals surface area contributed by atoms with Gasteiger partial charge in [-0.3, -0.25) is 4.98 Å². The standard InChI is InChI=1S/C23H16F2N6O/c1-13-28-20(31-32-13)12-27-23-17-10-14(16-5-2-6-18(24)21(16)25)7-8-19(17)29-22(30-23)15-4-3-9-26-11-15/h2-11H,12H2,1H3,(H,27,29,30). The predicted octanol–water partition coefficient (Wildman–Crippen LogP) is 4.94. The van der Waals surface area contributed by atoms with Gasteiger partial charge in [-0.1, -0.05) is 23.4 Å². The molecule has 0 aliphatic rings. The van der Waals surface area contributed by atoms with Crippen molar-refractivity contribution in [1.29, 1.82) is 0 Å². The third kappa shape index (κ3) is 3.76. The van der Waals surface area contributed by atoms with E-state index in [4.69, 9.17) is 4.52 Å². The lowest BCUT2D eigenvalue weighted by Crippen LogP contribution is -2.06. The van der Waals surface area contributed by atoms with Crippen molar-refractivity contribution in [2.45, 2.75) is 13.5 Å². The molecule has 5 aromatic rings. The van der Waals surface area contributed by atoms with E-state index in [0.29, 0.717) is 39.8 Å². The molecule has 0 atom stereocenters. The van der Waals surface area contributed by atoms with Crippen LogP contribution in [-0.4, -0.2) is 25.1 Å². The van der Waals surface area contributed by atoms with E-state index < -0.39 is 11.6 Å². The van der Waals surface area contributed by atoms with Gasteiger partial charge in [0.25, 0.3) is 0 Å². The Morgan fingerprint density at radius 1 is 0.969 bits per heavy atom. The summed E-state index contributed by atoms with van der Waals surface area (Å²) < 4.78 is 33.2. The molecule has 0 bridgehead atoms. The first-order valence-electron chi connectivity index (χ1n) is 9.78. The van der Waals surface area contributed by atoms with Gasteiger partial charge >= 0.3 is 0 Å². The van der Waals surface area contributed by atoms with Gasteiger partial charge in [0.2, 0.25) is 5.89 Å². The van der Waals surface area contributed by atoms with E-state index in [1.54, 1.807) is 43.6 Å². The van der Waals surface area contributed by atoms with Crippen LogP contribution in [0.25, 0.3) is 33.4 Å². The number of fused-ring (bicyclic) bond motifs is 1. The van der Waals surface area contributed by atoms with Crippen molar-refractivity contribution in [3.63, 3.8) is 0 Å². The Morgan fingerprint density at radius 3 is 2.66 bits per heavy atom. The van der Waals surface area contributed by atoms with Crippen molar-refractivity contribution in [3.8, 4) is 22.5 Å². The number of aromatic nitrogens is 5. The summed E-state index contributed by atoms with van der Waals surface area (Å²) in [6, 6.07) is 12.9. The van der Waals surface area contributed by atoms with Crippen molar-refractivity contribution < 1.29 is 13.3 Å². The number of anilines is 1. The van der Waals surface area contributed by atoms with Crippen LogP contribution in [-0.2, 0) is 6.54 Å². The molecule has 0 aliphatic carbocycles. The van der Waals surface area contributed by atoms with Crippen LogP contribution < -0.4 is 5.32 Å². The van der Waals surface area contributed by atoms with E-state index in [9.17, 15) is 8.78 Å². The Morgan fingerprint density at radius 2 is 1.88 bits per heavy atom. The van der Waals surface area contributed by atoms with E-state index in [1.165, 1.54) is 12.1 Å². The number of nitrogens with zero attached hydrogens (tertiary/aromatic N) is 5. The summed E-state index contributed by atoms with van der Waals surface area (Å²) in [4.78, 5) is 17.6. The second-order valence-corrected chi connectivity index (χ2v) is 7.05. The highest BCUT2D eigenvalue weighted by molar-refractivity contribution is 5.94. The van der Waals surface area contributed by atoms with Gasteiger partial charge in [0.1, 0.15) is 5.82 Å². The number of hydrogen-bond acceptors (Lipinski definition) is 7. The molecule has 7 nitrogen and oxygen atoms in total. The lowest BCUT2D eigenvalue weighted by Gasteiger charge is -2.12. The van der Waals surface area contributed by atoms with Crippen molar-refractivity contribution in [2.75, 3.05) is 5.32 Å². The average molecular weight is 430 g/mol. The predicted molar refractivity (Wildman–Crippen MR) is 114 cm³/mol. The lowest BCUT2D eigenvalue weighted by atomic mass is 10.0. The molecule has 1 N–H and O–H groups in total. The molecule has 2 aromatic carbocycles. The molecule has 158 valence electrons. The molecule has 3 aromatic heterocycles. The van der Waals surface area contributed by atoms with E-state index in [2.05, 4.69) is 30.4 Å². The minimum Gasteiger partial charge on any atom is -0.362 e. The van der Waals surface area contributed by atoms with Crippen molar-refractivity contribution >= 4 is 16.7 Å². The molecule has 0 amide bonds. The number of benzene rings is 2. The number of halogens is 2. The molecule has 9 heteroatoms.